The van der Waals surface area contributed by atoms with Crippen LogP contribution in [-0.4, -0.2) is 38.2 Å². The van der Waals surface area contributed by atoms with Crippen molar-refractivity contribution in [2.45, 2.75) is 6.92 Å². The van der Waals surface area contributed by atoms with Crippen molar-refractivity contribution >= 4 is 41.2 Å². The van der Waals surface area contributed by atoms with Gasteiger partial charge in [-0.1, -0.05) is 17.7 Å². The molecule has 3 rings (SSSR count). The van der Waals surface area contributed by atoms with Gasteiger partial charge >= 0.3 is 11.9 Å². The summed E-state index contributed by atoms with van der Waals surface area (Å²) in [7, 11) is 1.27. The predicted octanol–water partition coefficient (Wildman–Crippen LogP) is 3.39. The SMILES string of the molecule is COC(=O)c1ccc(C)c(NC(=O)COC(=O)C2=Cc3cc(Cl)ccc3OC2)c1. The van der Waals surface area contributed by atoms with Crippen LogP contribution in [0, 0.1) is 6.92 Å². The molecule has 1 heterocycles. The van der Waals surface area contributed by atoms with Crippen molar-refractivity contribution in [3.8, 4) is 5.75 Å². The standard InChI is InChI=1S/C21H18ClNO6/c1-12-3-4-13(20(25)27-2)9-17(12)23-19(24)11-29-21(26)15-7-14-8-16(22)5-6-18(14)28-10-15/h3-9H,10-11H2,1-2H3,(H,23,24). The van der Waals surface area contributed by atoms with Crippen LogP contribution in [-0.2, 0) is 19.1 Å². The summed E-state index contributed by atoms with van der Waals surface area (Å²) in [6.45, 7) is 1.32. The van der Waals surface area contributed by atoms with Crippen LogP contribution in [0.25, 0.3) is 6.08 Å². The van der Waals surface area contributed by atoms with Crippen LogP contribution in [0.4, 0.5) is 5.69 Å². The van der Waals surface area contributed by atoms with Gasteiger partial charge in [-0.2, -0.15) is 0 Å². The number of ether oxygens (including phenoxy) is 3. The number of carbonyl (C=O) groups excluding carboxylic acids is 3. The molecule has 2 aromatic carbocycles. The number of carbonyl (C=O) groups is 3. The van der Waals surface area contributed by atoms with E-state index in [4.69, 9.17) is 21.1 Å². The van der Waals surface area contributed by atoms with Gasteiger partial charge in [0.05, 0.1) is 18.2 Å². The van der Waals surface area contributed by atoms with Gasteiger partial charge in [0, 0.05) is 16.3 Å². The third-order valence-electron chi connectivity index (χ3n) is 4.21. The van der Waals surface area contributed by atoms with Gasteiger partial charge in [-0.15, -0.1) is 0 Å². The number of hydrogen-bond acceptors (Lipinski definition) is 6. The predicted molar refractivity (Wildman–Crippen MR) is 107 cm³/mol. The average Bonchev–Trinajstić information content (AvgIpc) is 2.72. The maximum absolute atomic E-state index is 12.3. The first kappa shape index (κ1) is 20.4. The van der Waals surface area contributed by atoms with E-state index < -0.39 is 24.5 Å². The number of fused-ring (bicyclic) bond motifs is 1. The van der Waals surface area contributed by atoms with E-state index in [2.05, 4.69) is 10.1 Å². The molecule has 7 nitrogen and oxygen atoms in total. The van der Waals surface area contributed by atoms with Crippen molar-refractivity contribution in [2.24, 2.45) is 0 Å². The average molecular weight is 416 g/mol. The highest BCUT2D eigenvalue weighted by Gasteiger charge is 2.20. The van der Waals surface area contributed by atoms with E-state index in [1.807, 2.05) is 0 Å². The fourth-order valence-corrected chi connectivity index (χ4v) is 2.86. The molecule has 0 bridgehead atoms. The molecule has 0 unspecified atom stereocenters. The number of hydrogen-bond donors (Lipinski definition) is 1. The minimum absolute atomic E-state index is 0.0371. The summed E-state index contributed by atoms with van der Waals surface area (Å²) < 4.78 is 15.2. The van der Waals surface area contributed by atoms with Crippen LogP contribution >= 0.6 is 11.6 Å². The lowest BCUT2D eigenvalue weighted by molar-refractivity contribution is -0.143. The van der Waals surface area contributed by atoms with Gasteiger partial charge in [-0.25, -0.2) is 9.59 Å². The summed E-state index contributed by atoms with van der Waals surface area (Å²) in [6.07, 6.45) is 1.62. The van der Waals surface area contributed by atoms with Crippen LogP contribution in [0.3, 0.4) is 0 Å². The Labute approximate surface area is 172 Å². The van der Waals surface area contributed by atoms with Crippen molar-refractivity contribution in [1.82, 2.24) is 0 Å². The molecule has 1 amide bonds. The molecule has 0 aliphatic carbocycles. The molecule has 2 aromatic rings. The van der Waals surface area contributed by atoms with E-state index in [0.717, 1.165) is 5.56 Å². The smallest absolute Gasteiger partial charge is 0.338 e. The van der Waals surface area contributed by atoms with Crippen LogP contribution in [0.1, 0.15) is 21.5 Å². The Morgan fingerprint density at radius 3 is 2.69 bits per heavy atom. The molecule has 0 atom stereocenters. The molecule has 1 aliphatic rings. The Hall–Kier alpha value is -3.32. The maximum Gasteiger partial charge on any atom is 0.338 e. The van der Waals surface area contributed by atoms with Gasteiger partial charge in [0.25, 0.3) is 5.91 Å². The first-order chi connectivity index (χ1) is 13.9. The number of rotatable bonds is 5. The van der Waals surface area contributed by atoms with Gasteiger partial charge < -0.3 is 19.5 Å². The van der Waals surface area contributed by atoms with E-state index >= 15 is 0 Å². The Morgan fingerprint density at radius 2 is 1.93 bits per heavy atom. The lowest BCUT2D eigenvalue weighted by Gasteiger charge is -2.17. The quantitative estimate of drug-likeness (QED) is 0.753. The highest BCUT2D eigenvalue weighted by atomic mass is 35.5. The second-order valence-corrected chi connectivity index (χ2v) is 6.72. The minimum atomic E-state index is -0.661. The van der Waals surface area contributed by atoms with Gasteiger partial charge in [-0.05, 0) is 48.9 Å². The second kappa shape index (κ2) is 8.79. The molecule has 0 saturated heterocycles. The third kappa shape index (κ3) is 4.94. The normalized spacial score (nSPS) is 12.2. The summed E-state index contributed by atoms with van der Waals surface area (Å²) in [5.41, 5.74) is 2.41. The number of amides is 1. The summed E-state index contributed by atoms with van der Waals surface area (Å²) in [4.78, 5) is 36.1. The number of esters is 2. The van der Waals surface area contributed by atoms with Crippen molar-refractivity contribution in [3.63, 3.8) is 0 Å². The zero-order valence-corrected chi connectivity index (χ0v) is 16.5. The number of aryl methyl sites for hydroxylation is 1. The fourth-order valence-electron chi connectivity index (χ4n) is 2.68. The third-order valence-corrected chi connectivity index (χ3v) is 4.45. The molecule has 0 aromatic heterocycles. The van der Waals surface area contributed by atoms with Crippen LogP contribution in [0.15, 0.2) is 42.0 Å². The maximum atomic E-state index is 12.3. The Morgan fingerprint density at radius 1 is 1.14 bits per heavy atom. The van der Waals surface area contributed by atoms with Gasteiger partial charge in [0.15, 0.2) is 6.61 Å². The van der Waals surface area contributed by atoms with Crippen molar-refractivity contribution in [3.05, 3.63) is 63.7 Å². The molecular formula is C21H18ClNO6. The van der Waals surface area contributed by atoms with Crippen LogP contribution < -0.4 is 10.1 Å². The van der Waals surface area contributed by atoms with Crippen molar-refractivity contribution in [1.29, 1.82) is 0 Å². The molecule has 0 saturated carbocycles. The van der Waals surface area contributed by atoms with Crippen molar-refractivity contribution in [2.75, 3.05) is 25.6 Å². The Bertz CT molecular complexity index is 1010. The van der Waals surface area contributed by atoms with E-state index in [0.29, 0.717) is 27.6 Å². The lowest BCUT2D eigenvalue weighted by Crippen LogP contribution is -2.24. The summed E-state index contributed by atoms with van der Waals surface area (Å²) >= 11 is 5.95. The second-order valence-electron chi connectivity index (χ2n) is 6.29. The number of halogens is 1. The van der Waals surface area contributed by atoms with E-state index in [9.17, 15) is 14.4 Å². The van der Waals surface area contributed by atoms with E-state index in [-0.39, 0.29) is 12.2 Å². The Kier molecular flexibility index (Phi) is 6.19. The number of anilines is 1. The molecule has 1 N–H and O–H groups in total. The number of benzene rings is 2. The first-order valence-corrected chi connectivity index (χ1v) is 9.04. The van der Waals surface area contributed by atoms with Crippen LogP contribution in [0.2, 0.25) is 5.02 Å². The molecule has 29 heavy (non-hydrogen) atoms. The van der Waals surface area contributed by atoms with E-state index in [1.165, 1.54) is 13.2 Å². The monoisotopic (exact) mass is 415 g/mol. The van der Waals surface area contributed by atoms with Gasteiger partial charge in [0.1, 0.15) is 12.4 Å². The van der Waals surface area contributed by atoms with Crippen molar-refractivity contribution < 1.29 is 28.6 Å². The molecule has 0 fully saturated rings. The zero-order valence-electron chi connectivity index (χ0n) is 15.8. The highest BCUT2D eigenvalue weighted by Crippen LogP contribution is 2.29. The van der Waals surface area contributed by atoms with Gasteiger partial charge in [-0.3, -0.25) is 4.79 Å². The zero-order chi connectivity index (χ0) is 21.0. The summed E-state index contributed by atoms with van der Waals surface area (Å²) in [5, 5.41) is 3.13. The molecule has 0 radical (unpaired) electrons. The minimum Gasteiger partial charge on any atom is -0.488 e. The lowest BCUT2D eigenvalue weighted by atomic mass is 10.1. The number of nitrogens with one attached hydrogen (secondary N) is 1. The van der Waals surface area contributed by atoms with E-state index in [1.54, 1.807) is 43.3 Å². The largest absolute Gasteiger partial charge is 0.488 e. The molecule has 8 heteroatoms. The number of methoxy groups -OCH3 is 1. The molecule has 150 valence electrons. The summed E-state index contributed by atoms with van der Waals surface area (Å²) in [5.74, 6) is -1.10. The molecular weight excluding hydrogens is 398 g/mol. The molecule has 0 spiro atoms. The Balaban J connectivity index is 1.61. The van der Waals surface area contributed by atoms with Crippen LogP contribution in [0.5, 0.6) is 5.75 Å². The topological polar surface area (TPSA) is 90.9 Å². The first-order valence-electron chi connectivity index (χ1n) is 8.66. The summed E-state index contributed by atoms with van der Waals surface area (Å²) in [6, 6.07) is 9.86. The highest BCUT2D eigenvalue weighted by molar-refractivity contribution is 6.30. The molecule has 1 aliphatic heterocycles. The fraction of sp³-hybridized carbons (Fsp3) is 0.190. The van der Waals surface area contributed by atoms with Gasteiger partial charge in [0.2, 0.25) is 0 Å².